The summed E-state index contributed by atoms with van der Waals surface area (Å²) < 4.78 is 14.3. The number of anilines is 1. The molecule has 0 spiro atoms. The second kappa shape index (κ2) is 6.96. The van der Waals surface area contributed by atoms with Crippen LogP contribution in [0.15, 0.2) is 64.3 Å². The number of benzene rings is 2. The van der Waals surface area contributed by atoms with Gasteiger partial charge in [0.25, 0.3) is 0 Å². The van der Waals surface area contributed by atoms with Crippen molar-refractivity contribution >= 4 is 33.3 Å². The van der Waals surface area contributed by atoms with E-state index >= 15 is 0 Å². The molecule has 5 heteroatoms. The number of halogens is 2. The van der Waals surface area contributed by atoms with Crippen LogP contribution in [0.2, 0.25) is 0 Å². The number of hydrogen-bond donors (Lipinski definition) is 0. The number of hydrogen-bond acceptors (Lipinski definition) is 2. The van der Waals surface area contributed by atoms with Crippen LogP contribution in [-0.4, -0.2) is 11.7 Å². The average molecular weight is 442 g/mol. The van der Waals surface area contributed by atoms with Gasteiger partial charge in [-0.2, -0.15) is 0 Å². The lowest BCUT2D eigenvalue weighted by Gasteiger charge is -2.43. The van der Waals surface area contributed by atoms with Gasteiger partial charge in [0.15, 0.2) is 5.78 Å². The Labute approximate surface area is 172 Å². The van der Waals surface area contributed by atoms with Gasteiger partial charge in [-0.3, -0.25) is 14.5 Å². The molecule has 1 amide bonds. The van der Waals surface area contributed by atoms with E-state index in [1.807, 2.05) is 38.1 Å². The van der Waals surface area contributed by atoms with Crippen LogP contribution in [0.1, 0.15) is 44.6 Å². The van der Waals surface area contributed by atoms with Crippen molar-refractivity contribution in [2.75, 3.05) is 4.90 Å². The summed E-state index contributed by atoms with van der Waals surface area (Å²) >= 11 is 3.58. The lowest BCUT2D eigenvalue weighted by atomic mass is 9.69. The van der Waals surface area contributed by atoms with E-state index < -0.39 is 0 Å². The summed E-state index contributed by atoms with van der Waals surface area (Å²) in [5.41, 5.74) is 2.80. The second-order valence-corrected chi connectivity index (χ2v) is 9.14. The van der Waals surface area contributed by atoms with Gasteiger partial charge >= 0.3 is 0 Å². The molecule has 0 saturated carbocycles. The molecule has 0 bridgehead atoms. The number of rotatable bonds is 2. The maximum Gasteiger partial charge on any atom is 0.232 e. The fraction of sp³-hybridized carbons (Fsp3) is 0.304. The quantitative estimate of drug-likeness (QED) is 0.594. The third-order valence-electron chi connectivity index (χ3n) is 5.51. The van der Waals surface area contributed by atoms with Gasteiger partial charge in [-0.05, 0) is 47.7 Å². The minimum Gasteiger partial charge on any atom is -0.294 e. The zero-order chi connectivity index (χ0) is 20.1. The first-order valence-corrected chi connectivity index (χ1v) is 10.2. The number of ketones is 1. The third kappa shape index (κ3) is 3.32. The van der Waals surface area contributed by atoms with E-state index in [1.54, 1.807) is 17.0 Å². The van der Waals surface area contributed by atoms with Crippen molar-refractivity contribution in [3.8, 4) is 0 Å². The fourth-order valence-corrected chi connectivity index (χ4v) is 4.89. The van der Waals surface area contributed by atoms with Gasteiger partial charge < -0.3 is 0 Å². The van der Waals surface area contributed by atoms with Gasteiger partial charge in [0, 0.05) is 40.2 Å². The molecule has 1 heterocycles. The lowest BCUT2D eigenvalue weighted by Crippen LogP contribution is -2.43. The molecule has 1 unspecified atom stereocenters. The van der Waals surface area contributed by atoms with Crippen LogP contribution < -0.4 is 4.90 Å². The van der Waals surface area contributed by atoms with Crippen LogP contribution in [0.5, 0.6) is 0 Å². The highest BCUT2D eigenvalue weighted by molar-refractivity contribution is 9.10. The molecule has 0 saturated heterocycles. The summed E-state index contributed by atoms with van der Waals surface area (Å²) in [4.78, 5) is 28.1. The number of carbonyl (C=O) groups is 2. The Morgan fingerprint density at radius 1 is 1.04 bits per heavy atom. The molecule has 0 fully saturated rings. The van der Waals surface area contributed by atoms with Crippen LogP contribution in [0.4, 0.5) is 10.1 Å². The minimum atomic E-state index is -0.353. The molecule has 4 rings (SSSR count). The molecule has 0 radical (unpaired) electrons. The molecule has 144 valence electrons. The summed E-state index contributed by atoms with van der Waals surface area (Å²) in [6.45, 7) is 4.09. The second-order valence-electron chi connectivity index (χ2n) is 8.29. The van der Waals surface area contributed by atoms with E-state index in [-0.39, 0.29) is 35.3 Å². The maximum atomic E-state index is 13.4. The molecular weight excluding hydrogens is 421 g/mol. The van der Waals surface area contributed by atoms with Gasteiger partial charge in [-0.25, -0.2) is 4.39 Å². The van der Waals surface area contributed by atoms with E-state index in [0.717, 1.165) is 21.3 Å². The first-order chi connectivity index (χ1) is 13.3. The largest absolute Gasteiger partial charge is 0.294 e. The Bertz CT molecular complexity index is 994. The zero-order valence-electron chi connectivity index (χ0n) is 15.8. The Morgan fingerprint density at radius 3 is 2.39 bits per heavy atom. The highest BCUT2D eigenvalue weighted by Crippen LogP contribution is 2.49. The summed E-state index contributed by atoms with van der Waals surface area (Å²) in [5.74, 6) is -0.602. The predicted octanol–water partition coefficient (Wildman–Crippen LogP) is 5.75. The number of amides is 1. The molecule has 0 aromatic heterocycles. The van der Waals surface area contributed by atoms with Crippen LogP contribution >= 0.6 is 15.9 Å². The topological polar surface area (TPSA) is 37.4 Å². The minimum absolute atomic E-state index is 0.0726. The Hall–Kier alpha value is -2.27. The molecule has 2 aliphatic rings. The van der Waals surface area contributed by atoms with E-state index in [1.165, 1.54) is 12.1 Å². The highest BCUT2D eigenvalue weighted by Gasteiger charge is 2.44. The van der Waals surface area contributed by atoms with Crippen molar-refractivity contribution in [1.82, 2.24) is 0 Å². The van der Waals surface area contributed by atoms with Crippen molar-refractivity contribution in [1.29, 1.82) is 0 Å². The summed E-state index contributed by atoms with van der Waals surface area (Å²) in [6.07, 6.45) is 1.29. The SMILES string of the molecule is CC1(C)CC(=O)C2=C(C1)N(c1ccc(F)cc1)C(=O)CC2c1ccccc1Br. The molecule has 1 atom stereocenters. The molecular formula is C23H21BrFNO2. The van der Waals surface area contributed by atoms with Crippen LogP contribution in [0.3, 0.4) is 0 Å². The fourth-order valence-electron chi connectivity index (χ4n) is 4.33. The van der Waals surface area contributed by atoms with Crippen molar-refractivity contribution in [2.24, 2.45) is 5.41 Å². The molecule has 2 aromatic rings. The van der Waals surface area contributed by atoms with Crippen molar-refractivity contribution < 1.29 is 14.0 Å². The van der Waals surface area contributed by atoms with Crippen molar-refractivity contribution in [3.05, 3.63) is 75.7 Å². The Balaban J connectivity index is 1.91. The van der Waals surface area contributed by atoms with Crippen LogP contribution in [0, 0.1) is 11.2 Å². The van der Waals surface area contributed by atoms with Crippen molar-refractivity contribution in [2.45, 2.75) is 39.0 Å². The Morgan fingerprint density at radius 2 is 1.71 bits per heavy atom. The average Bonchev–Trinajstić information content (AvgIpc) is 2.61. The summed E-state index contributed by atoms with van der Waals surface area (Å²) in [7, 11) is 0. The smallest absolute Gasteiger partial charge is 0.232 e. The van der Waals surface area contributed by atoms with Crippen LogP contribution in [-0.2, 0) is 9.59 Å². The van der Waals surface area contributed by atoms with Gasteiger partial charge in [-0.15, -0.1) is 0 Å². The maximum absolute atomic E-state index is 13.4. The number of nitrogens with zero attached hydrogens (tertiary/aromatic N) is 1. The van der Waals surface area contributed by atoms with Gasteiger partial charge in [0.1, 0.15) is 5.82 Å². The van der Waals surface area contributed by atoms with E-state index in [0.29, 0.717) is 18.5 Å². The molecule has 2 aromatic carbocycles. The van der Waals surface area contributed by atoms with Crippen LogP contribution in [0.25, 0.3) is 0 Å². The number of Topliss-reactive ketones (excluding diaryl/α,β-unsaturated/α-hetero) is 1. The molecule has 28 heavy (non-hydrogen) atoms. The third-order valence-corrected chi connectivity index (χ3v) is 6.23. The normalized spacial score (nSPS) is 21.7. The standard InChI is InChI=1S/C23H21BrFNO2/c1-23(2)12-19-22(20(27)13-23)17(16-5-3-4-6-18(16)24)11-21(28)26(19)15-9-7-14(25)8-10-15/h3-10,17H,11-13H2,1-2H3. The van der Waals surface area contributed by atoms with Crippen molar-refractivity contribution in [3.63, 3.8) is 0 Å². The summed E-state index contributed by atoms with van der Waals surface area (Å²) in [6, 6.07) is 13.6. The van der Waals surface area contributed by atoms with E-state index in [4.69, 9.17) is 0 Å². The van der Waals surface area contributed by atoms with Gasteiger partial charge in [0.05, 0.1) is 0 Å². The van der Waals surface area contributed by atoms with E-state index in [9.17, 15) is 14.0 Å². The number of allylic oxidation sites excluding steroid dienone is 2. The molecule has 3 nitrogen and oxygen atoms in total. The summed E-state index contributed by atoms with van der Waals surface area (Å²) in [5, 5.41) is 0. The van der Waals surface area contributed by atoms with Gasteiger partial charge in [-0.1, -0.05) is 48.0 Å². The molecule has 1 aliphatic heterocycles. The highest BCUT2D eigenvalue weighted by atomic mass is 79.9. The Kier molecular flexibility index (Phi) is 4.74. The predicted molar refractivity (Wildman–Crippen MR) is 110 cm³/mol. The lowest BCUT2D eigenvalue weighted by molar-refractivity contribution is -0.121. The first-order valence-electron chi connectivity index (χ1n) is 9.36. The molecule has 0 N–H and O–H groups in total. The zero-order valence-corrected chi connectivity index (χ0v) is 17.4. The number of carbonyl (C=O) groups excluding carboxylic acids is 2. The monoisotopic (exact) mass is 441 g/mol. The first kappa shape index (κ1) is 19.1. The molecule has 1 aliphatic carbocycles. The van der Waals surface area contributed by atoms with E-state index in [2.05, 4.69) is 15.9 Å². The van der Waals surface area contributed by atoms with Gasteiger partial charge in [0.2, 0.25) is 5.91 Å².